The van der Waals surface area contributed by atoms with Crippen molar-refractivity contribution >= 4 is 41.5 Å². The summed E-state index contributed by atoms with van der Waals surface area (Å²) in [5.41, 5.74) is 0. The first-order valence-electron chi connectivity index (χ1n) is 4.37. The highest BCUT2D eigenvalue weighted by molar-refractivity contribution is 8.14. The summed E-state index contributed by atoms with van der Waals surface area (Å²) in [4.78, 5) is 0.396. The quantitative estimate of drug-likeness (QED) is 0.646. The van der Waals surface area contributed by atoms with Gasteiger partial charge in [-0.25, -0.2) is 22.0 Å². The maximum atomic E-state index is 11.2. The Morgan fingerprint density at radius 2 is 1.76 bits per heavy atom. The van der Waals surface area contributed by atoms with E-state index in [1.165, 1.54) is 6.07 Å². The Kier molecular flexibility index (Phi) is 4.85. The molecule has 0 bridgehead atoms. The van der Waals surface area contributed by atoms with Gasteiger partial charge in [-0.1, -0.05) is 12.1 Å². The van der Waals surface area contributed by atoms with E-state index in [1.807, 2.05) is 0 Å². The minimum Gasteiger partial charge on any atom is -0.225 e. The molecular weight excluding hydrogens is 306 g/mol. The van der Waals surface area contributed by atoms with Crippen LogP contribution in [0, 0.1) is 0 Å². The number of hydrogen-bond donors (Lipinski definition) is 1. The number of benzene rings is 1. The third kappa shape index (κ3) is 5.26. The zero-order chi connectivity index (χ0) is 13.1. The predicted molar refractivity (Wildman–Crippen MR) is 68.2 cm³/mol. The van der Waals surface area contributed by atoms with Gasteiger partial charge in [-0.05, 0) is 12.1 Å². The van der Waals surface area contributed by atoms with Crippen molar-refractivity contribution in [2.75, 3.05) is 11.5 Å². The Bertz CT molecular complexity index is 597. The molecule has 0 fully saturated rings. The molecule has 0 aliphatic heterocycles. The van der Waals surface area contributed by atoms with Crippen LogP contribution in [-0.2, 0) is 19.1 Å². The minimum absolute atomic E-state index is 0.0167. The van der Waals surface area contributed by atoms with E-state index in [0.29, 0.717) is 4.90 Å². The smallest absolute Gasteiger partial charge is 0.225 e. The maximum Gasteiger partial charge on any atom is 0.239 e. The lowest BCUT2D eigenvalue weighted by Crippen LogP contribution is -2.13. The number of nitrogens with two attached hydrogens (primary N) is 1. The Hall–Kier alpha value is -0.280. The molecule has 17 heavy (non-hydrogen) atoms. The van der Waals surface area contributed by atoms with Crippen molar-refractivity contribution in [1.82, 2.24) is 0 Å². The van der Waals surface area contributed by atoms with E-state index < -0.39 is 19.1 Å². The van der Waals surface area contributed by atoms with E-state index in [4.69, 9.17) is 15.8 Å². The Labute approximate surface area is 109 Å². The van der Waals surface area contributed by atoms with Crippen molar-refractivity contribution in [3.63, 3.8) is 0 Å². The number of sulfonamides is 1. The van der Waals surface area contributed by atoms with Gasteiger partial charge < -0.3 is 0 Å². The SMILES string of the molecule is NS(=O)(=O)c1ccccc1SCCS(=O)(=O)Cl. The predicted octanol–water partition coefficient (Wildman–Crippen LogP) is 0.995. The standard InChI is InChI=1S/C8H10ClNO4S3/c9-16(11,12)6-5-15-7-3-1-2-4-8(7)17(10,13)14/h1-4H,5-6H2,(H2,10,13,14). The van der Waals surface area contributed by atoms with Crippen LogP contribution in [0.3, 0.4) is 0 Å². The monoisotopic (exact) mass is 315 g/mol. The highest BCUT2D eigenvalue weighted by Gasteiger charge is 2.14. The van der Waals surface area contributed by atoms with Crippen molar-refractivity contribution < 1.29 is 16.8 Å². The third-order valence-electron chi connectivity index (χ3n) is 1.74. The first-order chi connectivity index (χ1) is 7.70. The van der Waals surface area contributed by atoms with Gasteiger partial charge in [0.2, 0.25) is 19.1 Å². The van der Waals surface area contributed by atoms with Crippen LogP contribution in [0.25, 0.3) is 0 Å². The van der Waals surface area contributed by atoms with Crippen LogP contribution >= 0.6 is 22.4 Å². The average molecular weight is 316 g/mol. The molecule has 0 aliphatic carbocycles. The van der Waals surface area contributed by atoms with Crippen molar-refractivity contribution in [1.29, 1.82) is 0 Å². The van der Waals surface area contributed by atoms with Gasteiger partial charge in [-0.2, -0.15) is 0 Å². The second-order valence-corrected chi connectivity index (χ2v) is 8.65. The fourth-order valence-electron chi connectivity index (χ4n) is 1.06. The second kappa shape index (κ2) is 5.57. The average Bonchev–Trinajstić information content (AvgIpc) is 2.15. The molecule has 0 saturated heterocycles. The highest BCUT2D eigenvalue weighted by Crippen LogP contribution is 2.25. The molecule has 0 spiro atoms. The molecule has 0 heterocycles. The lowest BCUT2D eigenvalue weighted by molar-refractivity contribution is 0.595. The van der Waals surface area contributed by atoms with E-state index in [9.17, 15) is 16.8 Å². The number of halogens is 1. The number of primary sulfonamides is 1. The van der Waals surface area contributed by atoms with Crippen molar-refractivity contribution in [3.8, 4) is 0 Å². The van der Waals surface area contributed by atoms with Gasteiger partial charge in [-0.3, -0.25) is 0 Å². The van der Waals surface area contributed by atoms with E-state index in [2.05, 4.69) is 0 Å². The maximum absolute atomic E-state index is 11.2. The number of thioether (sulfide) groups is 1. The van der Waals surface area contributed by atoms with Gasteiger partial charge in [0.15, 0.2) is 0 Å². The van der Waals surface area contributed by atoms with E-state index in [1.54, 1.807) is 18.2 Å². The summed E-state index contributed by atoms with van der Waals surface area (Å²) in [5.74, 6) is -0.0729. The van der Waals surface area contributed by atoms with Gasteiger partial charge in [-0.15, -0.1) is 11.8 Å². The topological polar surface area (TPSA) is 94.3 Å². The summed E-state index contributed by atoms with van der Waals surface area (Å²) in [6, 6.07) is 6.12. The molecule has 0 aromatic heterocycles. The molecule has 9 heteroatoms. The summed E-state index contributed by atoms with van der Waals surface area (Å²) in [5, 5.41) is 5.03. The van der Waals surface area contributed by atoms with Crippen molar-refractivity contribution in [2.45, 2.75) is 9.79 Å². The zero-order valence-electron chi connectivity index (χ0n) is 8.54. The summed E-state index contributed by atoms with van der Waals surface area (Å²) in [7, 11) is -2.33. The van der Waals surface area contributed by atoms with Gasteiger partial charge in [0.05, 0.1) is 10.6 Å². The highest BCUT2D eigenvalue weighted by atomic mass is 35.7. The molecule has 96 valence electrons. The molecule has 0 amide bonds. The lowest BCUT2D eigenvalue weighted by Gasteiger charge is -2.05. The van der Waals surface area contributed by atoms with Crippen LogP contribution in [-0.4, -0.2) is 28.3 Å². The molecule has 2 N–H and O–H groups in total. The Morgan fingerprint density at radius 1 is 1.18 bits per heavy atom. The van der Waals surface area contributed by atoms with Crippen LogP contribution in [0.4, 0.5) is 0 Å². The lowest BCUT2D eigenvalue weighted by atomic mass is 10.4. The molecule has 0 aliphatic rings. The fraction of sp³-hybridized carbons (Fsp3) is 0.250. The first kappa shape index (κ1) is 14.8. The summed E-state index contributed by atoms with van der Waals surface area (Å²) >= 11 is 1.08. The summed E-state index contributed by atoms with van der Waals surface area (Å²) in [6.45, 7) is 0. The molecule has 1 rings (SSSR count). The molecule has 1 aromatic rings. The van der Waals surface area contributed by atoms with Gasteiger partial charge in [0.25, 0.3) is 0 Å². The van der Waals surface area contributed by atoms with Crippen LogP contribution in [0.2, 0.25) is 0 Å². The van der Waals surface area contributed by atoms with Gasteiger partial charge in [0, 0.05) is 21.3 Å². The normalized spacial score (nSPS) is 12.6. The van der Waals surface area contributed by atoms with E-state index in [0.717, 1.165) is 11.8 Å². The molecular formula is C8H10ClNO4S3. The molecule has 5 nitrogen and oxygen atoms in total. The van der Waals surface area contributed by atoms with Gasteiger partial charge in [0.1, 0.15) is 0 Å². The van der Waals surface area contributed by atoms with E-state index in [-0.39, 0.29) is 16.4 Å². The van der Waals surface area contributed by atoms with Crippen LogP contribution < -0.4 is 5.14 Å². The Balaban J connectivity index is 2.86. The Morgan fingerprint density at radius 3 is 2.29 bits per heavy atom. The van der Waals surface area contributed by atoms with Crippen LogP contribution in [0.1, 0.15) is 0 Å². The molecule has 0 radical (unpaired) electrons. The van der Waals surface area contributed by atoms with Crippen LogP contribution in [0.5, 0.6) is 0 Å². The number of hydrogen-bond acceptors (Lipinski definition) is 5. The molecule has 0 atom stereocenters. The molecule has 0 unspecified atom stereocenters. The second-order valence-electron chi connectivity index (χ2n) is 3.08. The van der Waals surface area contributed by atoms with Crippen molar-refractivity contribution in [3.05, 3.63) is 24.3 Å². The third-order valence-corrected chi connectivity index (χ3v) is 5.33. The van der Waals surface area contributed by atoms with E-state index >= 15 is 0 Å². The first-order valence-corrected chi connectivity index (χ1v) is 9.38. The molecule has 0 saturated carbocycles. The van der Waals surface area contributed by atoms with Crippen molar-refractivity contribution in [2.24, 2.45) is 5.14 Å². The summed E-state index contributed by atoms with van der Waals surface area (Å²) in [6.07, 6.45) is 0. The fourth-order valence-corrected chi connectivity index (χ4v) is 4.50. The summed E-state index contributed by atoms with van der Waals surface area (Å²) < 4.78 is 43.9. The van der Waals surface area contributed by atoms with Crippen LogP contribution in [0.15, 0.2) is 34.1 Å². The number of rotatable bonds is 5. The minimum atomic E-state index is -3.80. The largest absolute Gasteiger partial charge is 0.239 e. The van der Waals surface area contributed by atoms with Gasteiger partial charge >= 0.3 is 0 Å². The zero-order valence-corrected chi connectivity index (χ0v) is 11.7. The molecule has 1 aromatic carbocycles.